The molecule has 0 aromatic heterocycles. The Morgan fingerprint density at radius 2 is 1.67 bits per heavy atom. The van der Waals surface area contributed by atoms with Crippen molar-refractivity contribution in [2.75, 3.05) is 5.75 Å². The maximum absolute atomic E-state index is 13.7. The van der Waals surface area contributed by atoms with Crippen LogP contribution in [0.25, 0.3) is 0 Å². The molecule has 0 unspecified atom stereocenters. The number of hydrogen-bond acceptors (Lipinski definition) is 3. The van der Waals surface area contributed by atoms with Crippen LogP contribution in [0.2, 0.25) is 5.02 Å². The summed E-state index contributed by atoms with van der Waals surface area (Å²) in [5.74, 6) is 0.107. The lowest BCUT2D eigenvalue weighted by atomic mass is 10.0. The van der Waals surface area contributed by atoms with E-state index in [0.29, 0.717) is 18.0 Å². The van der Waals surface area contributed by atoms with Crippen LogP contribution in [-0.2, 0) is 22.6 Å². The van der Waals surface area contributed by atoms with Gasteiger partial charge in [-0.3, -0.25) is 9.59 Å². The lowest BCUT2D eigenvalue weighted by Crippen LogP contribution is -2.52. The molecular weight excluding hydrogens is 488 g/mol. The van der Waals surface area contributed by atoms with E-state index in [0.717, 1.165) is 41.7 Å². The van der Waals surface area contributed by atoms with Crippen molar-refractivity contribution in [3.05, 3.63) is 101 Å². The lowest BCUT2D eigenvalue weighted by Gasteiger charge is -2.32. The maximum atomic E-state index is 13.7. The maximum Gasteiger partial charge on any atom is 0.243 e. The van der Waals surface area contributed by atoms with Gasteiger partial charge >= 0.3 is 0 Å². The quantitative estimate of drug-likeness (QED) is 0.313. The monoisotopic (exact) mass is 520 g/mol. The van der Waals surface area contributed by atoms with Crippen molar-refractivity contribution in [3.63, 3.8) is 0 Å². The van der Waals surface area contributed by atoms with Crippen molar-refractivity contribution in [2.24, 2.45) is 0 Å². The van der Waals surface area contributed by atoms with Gasteiger partial charge in [0.15, 0.2) is 0 Å². The Hall–Kier alpha value is -2.76. The molecule has 0 spiro atoms. The highest BCUT2D eigenvalue weighted by molar-refractivity contribution is 8.00. The van der Waals surface area contributed by atoms with E-state index in [4.69, 9.17) is 11.6 Å². The molecule has 1 aliphatic carbocycles. The van der Waals surface area contributed by atoms with Gasteiger partial charge in [-0.25, -0.2) is 0 Å². The molecular formula is C30H33ClN2O2S. The Kier molecular flexibility index (Phi) is 9.48. The number of nitrogens with one attached hydrogen (secondary N) is 1. The van der Waals surface area contributed by atoms with E-state index < -0.39 is 6.04 Å². The molecule has 0 bridgehead atoms. The minimum absolute atomic E-state index is 0.0666. The van der Waals surface area contributed by atoms with Crippen LogP contribution in [0.1, 0.15) is 42.4 Å². The summed E-state index contributed by atoms with van der Waals surface area (Å²) in [5.41, 5.74) is 3.11. The highest BCUT2D eigenvalue weighted by atomic mass is 35.5. The van der Waals surface area contributed by atoms with Crippen molar-refractivity contribution >= 4 is 35.2 Å². The lowest BCUT2D eigenvalue weighted by molar-refractivity contribution is -0.139. The third-order valence-electron chi connectivity index (χ3n) is 6.60. The molecule has 3 aromatic carbocycles. The fourth-order valence-electron chi connectivity index (χ4n) is 4.62. The molecule has 6 heteroatoms. The fourth-order valence-corrected chi connectivity index (χ4v) is 5.61. The number of halogens is 1. The Balaban J connectivity index is 1.60. The molecule has 0 radical (unpaired) electrons. The number of benzene rings is 3. The molecule has 0 saturated heterocycles. The number of carbonyl (C=O) groups is 2. The van der Waals surface area contributed by atoms with Crippen LogP contribution < -0.4 is 5.32 Å². The summed E-state index contributed by atoms with van der Waals surface area (Å²) in [4.78, 5) is 30.2. The Labute approximate surface area is 223 Å². The minimum Gasteiger partial charge on any atom is -0.352 e. The Bertz CT molecular complexity index is 1150. The Morgan fingerprint density at radius 1 is 0.972 bits per heavy atom. The highest BCUT2D eigenvalue weighted by Gasteiger charge is 2.32. The first kappa shape index (κ1) is 26.3. The largest absolute Gasteiger partial charge is 0.352 e. The molecule has 4 nitrogen and oxygen atoms in total. The molecule has 2 amide bonds. The number of carbonyl (C=O) groups excluding carboxylic acids is 2. The summed E-state index contributed by atoms with van der Waals surface area (Å²) >= 11 is 7.76. The third kappa shape index (κ3) is 7.62. The summed E-state index contributed by atoms with van der Waals surface area (Å²) in [7, 11) is 0. The van der Waals surface area contributed by atoms with Crippen molar-refractivity contribution in [3.8, 4) is 0 Å². The van der Waals surface area contributed by atoms with Crippen molar-refractivity contribution < 1.29 is 9.59 Å². The summed E-state index contributed by atoms with van der Waals surface area (Å²) in [5, 5.41) is 3.86. The van der Waals surface area contributed by atoms with E-state index in [2.05, 4.69) is 5.32 Å². The van der Waals surface area contributed by atoms with E-state index in [1.165, 1.54) is 17.3 Å². The summed E-state index contributed by atoms with van der Waals surface area (Å²) in [6, 6.07) is 25.2. The van der Waals surface area contributed by atoms with Gasteiger partial charge in [0.1, 0.15) is 6.04 Å². The van der Waals surface area contributed by atoms with Gasteiger partial charge in [-0.05, 0) is 55.2 Å². The van der Waals surface area contributed by atoms with Gasteiger partial charge in [-0.1, -0.05) is 84.6 Å². The average Bonchev–Trinajstić information content (AvgIpc) is 3.39. The van der Waals surface area contributed by atoms with Gasteiger partial charge in [0.2, 0.25) is 11.8 Å². The van der Waals surface area contributed by atoms with Gasteiger partial charge in [0.25, 0.3) is 0 Å². The van der Waals surface area contributed by atoms with Crippen LogP contribution in [0.5, 0.6) is 0 Å². The topological polar surface area (TPSA) is 49.4 Å². The predicted octanol–water partition coefficient (Wildman–Crippen LogP) is 6.44. The molecule has 36 heavy (non-hydrogen) atoms. The first-order valence-electron chi connectivity index (χ1n) is 12.6. The molecule has 0 heterocycles. The number of thioether (sulfide) groups is 1. The second kappa shape index (κ2) is 13.0. The van der Waals surface area contributed by atoms with E-state index in [1.807, 2.05) is 85.8 Å². The molecule has 1 aliphatic rings. The van der Waals surface area contributed by atoms with Crippen LogP contribution in [0.4, 0.5) is 0 Å². The molecule has 3 aromatic rings. The zero-order chi connectivity index (χ0) is 25.3. The first-order chi connectivity index (χ1) is 17.5. The SMILES string of the molecule is Cc1ccc(SCC(=O)N(Cc2cccc(Cl)c2)[C@H](Cc2ccccc2)C(=O)NC2CCCC2)cc1. The Morgan fingerprint density at radius 3 is 2.36 bits per heavy atom. The van der Waals surface area contributed by atoms with E-state index in [1.54, 1.807) is 4.90 Å². The smallest absolute Gasteiger partial charge is 0.243 e. The summed E-state index contributed by atoms with van der Waals surface area (Å²) in [6.07, 6.45) is 4.71. The highest BCUT2D eigenvalue weighted by Crippen LogP contribution is 2.23. The molecule has 1 saturated carbocycles. The van der Waals surface area contributed by atoms with Crippen LogP contribution in [0, 0.1) is 6.92 Å². The van der Waals surface area contributed by atoms with E-state index in [-0.39, 0.29) is 23.6 Å². The van der Waals surface area contributed by atoms with E-state index in [9.17, 15) is 9.59 Å². The van der Waals surface area contributed by atoms with Crippen LogP contribution >= 0.6 is 23.4 Å². The van der Waals surface area contributed by atoms with Gasteiger partial charge in [-0.2, -0.15) is 0 Å². The fraction of sp³-hybridized carbons (Fsp3) is 0.333. The third-order valence-corrected chi connectivity index (χ3v) is 7.83. The standard InChI is InChI=1S/C30H33ClN2O2S/c1-22-14-16-27(17-15-22)36-21-29(34)33(20-24-10-7-11-25(31)18-24)28(19-23-8-3-2-4-9-23)30(35)32-26-12-5-6-13-26/h2-4,7-11,14-18,26,28H,5-6,12-13,19-21H2,1H3,(H,32,35)/t28-/m1/s1. The number of nitrogens with zero attached hydrogens (tertiary/aromatic N) is 1. The van der Waals surface area contributed by atoms with Gasteiger partial charge in [0.05, 0.1) is 5.75 Å². The zero-order valence-corrected chi connectivity index (χ0v) is 22.2. The zero-order valence-electron chi connectivity index (χ0n) is 20.7. The molecule has 188 valence electrons. The number of aryl methyl sites for hydroxylation is 1. The minimum atomic E-state index is -0.613. The number of rotatable bonds is 10. The van der Waals surface area contributed by atoms with Crippen molar-refractivity contribution in [1.82, 2.24) is 10.2 Å². The second-order valence-corrected chi connectivity index (χ2v) is 10.9. The van der Waals surface area contributed by atoms with Gasteiger partial charge in [-0.15, -0.1) is 11.8 Å². The van der Waals surface area contributed by atoms with Crippen molar-refractivity contribution in [1.29, 1.82) is 0 Å². The van der Waals surface area contributed by atoms with Crippen LogP contribution in [-0.4, -0.2) is 34.6 Å². The van der Waals surface area contributed by atoms with Crippen LogP contribution in [0.15, 0.2) is 83.8 Å². The van der Waals surface area contributed by atoms with Crippen LogP contribution in [0.3, 0.4) is 0 Å². The van der Waals surface area contributed by atoms with E-state index >= 15 is 0 Å². The summed E-state index contributed by atoms with van der Waals surface area (Å²) < 4.78 is 0. The predicted molar refractivity (Wildman–Crippen MR) is 148 cm³/mol. The molecule has 4 rings (SSSR count). The average molecular weight is 521 g/mol. The normalized spacial score (nSPS) is 14.4. The number of amides is 2. The molecule has 1 fully saturated rings. The molecule has 1 N–H and O–H groups in total. The first-order valence-corrected chi connectivity index (χ1v) is 13.9. The molecule has 0 aliphatic heterocycles. The van der Waals surface area contributed by atoms with Gasteiger partial charge in [0, 0.05) is 28.9 Å². The number of hydrogen-bond donors (Lipinski definition) is 1. The molecule has 1 atom stereocenters. The summed E-state index contributed by atoms with van der Waals surface area (Å²) in [6.45, 7) is 2.37. The van der Waals surface area contributed by atoms with Gasteiger partial charge < -0.3 is 10.2 Å². The van der Waals surface area contributed by atoms with Crippen molar-refractivity contribution in [2.45, 2.75) is 62.6 Å². The second-order valence-electron chi connectivity index (χ2n) is 9.45.